The minimum Gasteiger partial charge on any atom is -0.351 e. The van der Waals surface area contributed by atoms with Crippen molar-refractivity contribution in [2.75, 3.05) is 13.1 Å². The van der Waals surface area contributed by atoms with E-state index in [1.807, 2.05) is 13.0 Å². The first-order chi connectivity index (χ1) is 15.3. The normalized spacial score (nSPS) is 16.7. The Labute approximate surface area is 191 Å². The molecule has 1 saturated carbocycles. The van der Waals surface area contributed by atoms with E-state index >= 15 is 0 Å². The number of nitrogens with one attached hydrogen (secondary N) is 1. The minimum atomic E-state index is -0.870. The third-order valence-corrected chi connectivity index (χ3v) is 5.86. The highest BCUT2D eigenvalue weighted by atomic mass is 35.5. The van der Waals surface area contributed by atoms with Gasteiger partial charge >= 0.3 is 0 Å². The lowest BCUT2D eigenvalue weighted by Crippen LogP contribution is -2.40. The summed E-state index contributed by atoms with van der Waals surface area (Å²) in [5, 5.41) is 17.4. The topological polar surface area (TPSA) is 112 Å². The third-order valence-electron chi connectivity index (χ3n) is 5.64. The second kappa shape index (κ2) is 8.71. The average molecular weight is 453 g/mol. The highest BCUT2D eigenvalue weighted by Gasteiger charge is 2.34. The van der Waals surface area contributed by atoms with Gasteiger partial charge < -0.3 is 10.2 Å². The Morgan fingerprint density at radius 1 is 1.44 bits per heavy atom. The molecule has 2 aliphatic rings. The lowest BCUT2D eigenvalue weighted by Gasteiger charge is -2.29. The Bertz CT molecular complexity index is 1130. The summed E-state index contributed by atoms with van der Waals surface area (Å²) in [6, 6.07) is 5.02. The number of aromatic nitrogens is 4. The van der Waals surface area contributed by atoms with E-state index in [2.05, 4.69) is 31.4 Å². The van der Waals surface area contributed by atoms with Gasteiger partial charge in [-0.2, -0.15) is 15.0 Å². The number of aliphatic imine (C=N–C) groups is 1. The Morgan fingerprint density at radius 2 is 2.22 bits per heavy atom. The highest BCUT2D eigenvalue weighted by molar-refractivity contribution is 6.31. The number of pyridine rings is 1. The van der Waals surface area contributed by atoms with Crippen molar-refractivity contribution in [3.63, 3.8) is 0 Å². The molecule has 3 heterocycles. The van der Waals surface area contributed by atoms with Crippen LogP contribution >= 0.6 is 11.6 Å². The molecule has 0 radical (unpaired) electrons. The van der Waals surface area contributed by atoms with E-state index in [0.717, 1.165) is 12.8 Å². The van der Waals surface area contributed by atoms with Crippen LogP contribution in [0.1, 0.15) is 61.7 Å². The fourth-order valence-electron chi connectivity index (χ4n) is 3.47. The van der Waals surface area contributed by atoms with Crippen molar-refractivity contribution in [2.45, 2.75) is 45.1 Å². The summed E-state index contributed by atoms with van der Waals surface area (Å²) in [5.41, 5.74) is -0.193. The third kappa shape index (κ3) is 4.50. The summed E-state index contributed by atoms with van der Waals surface area (Å²) >= 11 is 6.31. The van der Waals surface area contributed by atoms with Gasteiger partial charge in [0.05, 0.1) is 23.2 Å². The number of rotatable bonds is 6. The van der Waals surface area contributed by atoms with Crippen molar-refractivity contribution in [3.05, 3.63) is 53.0 Å². The van der Waals surface area contributed by atoms with Crippen LogP contribution in [-0.2, 0) is 5.41 Å². The van der Waals surface area contributed by atoms with E-state index in [1.54, 1.807) is 41.8 Å². The van der Waals surface area contributed by atoms with Gasteiger partial charge in [-0.05, 0) is 57.7 Å². The maximum absolute atomic E-state index is 13.7. The number of amides is 1. The van der Waals surface area contributed by atoms with Crippen LogP contribution in [0.3, 0.4) is 0 Å². The standard InChI is InChI=1S/C22H25ClN8O/c1-14(19-27-13-28-31(19)21-25-7-4-8-26-21)30(11-15-5-6-15)20(32)17-9-16(23)10-18(29-17)22(2,3)12-24/h4,7,9-10,13-15H,5-6,8,11H2,1-3H3,(H,25,26). The van der Waals surface area contributed by atoms with Gasteiger partial charge in [0, 0.05) is 24.3 Å². The molecule has 1 atom stereocenters. The zero-order valence-corrected chi connectivity index (χ0v) is 19.0. The van der Waals surface area contributed by atoms with Crippen LogP contribution in [0.2, 0.25) is 5.02 Å². The molecule has 1 aliphatic heterocycles. The summed E-state index contributed by atoms with van der Waals surface area (Å²) in [5.74, 6) is 1.35. The number of halogens is 1. The molecule has 1 aliphatic carbocycles. The molecule has 2 aromatic rings. The molecule has 1 unspecified atom stereocenters. The number of carbonyl (C=O) groups is 1. The maximum Gasteiger partial charge on any atom is 0.273 e. The fourth-order valence-corrected chi connectivity index (χ4v) is 3.67. The number of hydrogen-bond donors (Lipinski definition) is 1. The van der Waals surface area contributed by atoms with Gasteiger partial charge in [0.15, 0.2) is 5.82 Å². The largest absolute Gasteiger partial charge is 0.351 e. The van der Waals surface area contributed by atoms with E-state index in [4.69, 9.17) is 11.6 Å². The van der Waals surface area contributed by atoms with E-state index in [9.17, 15) is 10.1 Å². The molecule has 1 fully saturated rings. The molecule has 2 aromatic heterocycles. The Balaban J connectivity index is 1.69. The molecule has 0 saturated heterocycles. The van der Waals surface area contributed by atoms with Gasteiger partial charge in [0.1, 0.15) is 12.0 Å². The van der Waals surface area contributed by atoms with Gasteiger partial charge in [0.2, 0.25) is 5.96 Å². The molecule has 0 bridgehead atoms. The summed E-state index contributed by atoms with van der Waals surface area (Å²) in [6.07, 6.45) is 7.23. The van der Waals surface area contributed by atoms with Gasteiger partial charge in [-0.1, -0.05) is 11.6 Å². The predicted octanol–water partition coefficient (Wildman–Crippen LogP) is 3.06. The summed E-state index contributed by atoms with van der Waals surface area (Å²) in [6.45, 7) is 6.64. The molecule has 4 rings (SSSR count). The van der Waals surface area contributed by atoms with Crippen LogP contribution in [-0.4, -0.2) is 49.6 Å². The monoisotopic (exact) mass is 452 g/mol. The van der Waals surface area contributed by atoms with Crippen molar-refractivity contribution >= 4 is 23.5 Å². The zero-order chi connectivity index (χ0) is 22.9. The van der Waals surface area contributed by atoms with Crippen molar-refractivity contribution in [1.29, 1.82) is 5.26 Å². The highest BCUT2D eigenvalue weighted by Crippen LogP contribution is 2.34. The number of nitrogens with zero attached hydrogens (tertiary/aromatic N) is 7. The van der Waals surface area contributed by atoms with E-state index < -0.39 is 5.41 Å². The predicted molar refractivity (Wildman–Crippen MR) is 120 cm³/mol. The van der Waals surface area contributed by atoms with Crippen LogP contribution < -0.4 is 5.32 Å². The minimum absolute atomic E-state index is 0.213. The molecule has 1 N–H and O–H groups in total. The molecule has 10 heteroatoms. The lowest BCUT2D eigenvalue weighted by atomic mass is 9.90. The molecule has 9 nitrogen and oxygen atoms in total. The molecule has 1 amide bonds. The Hall–Kier alpha value is -3.25. The van der Waals surface area contributed by atoms with Crippen molar-refractivity contribution in [3.8, 4) is 6.07 Å². The maximum atomic E-state index is 13.7. The SMILES string of the molecule is CC(c1ncnn1C1=NC=CCN1)N(CC1CC1)C(=O)c1cc(Cl)cc(C(C)(C)C#N)n1. The second-order valence-electron chi connectivity index (χ2n) is 8.62. The smallest absolute Gasteiger partial charge is 0.273 e. The number of nitriles is 1. The first-order valence-electron chi connectivity index (χ1n) is 10.6. The van der Waals surface area contributed by atoms with E-state index in [0.29, 0.717) is 41.5 Å². The van der Waals surface area contributed by atoms with Crippen LogP contribution in [0.25, 0.3) is 0 Å². The number of hydrogen-bond acceptors (Lipinski definition) is 7. The Morgan fingerprint density at radius 3 is 2.88 bits per heavy atom. The van der Waals surface area contributed by atoms with E-state index in [1.165, 1.54) is 6.33 Å². The molecule has 0 aromatic carbocycles. The Kier molecular flexibility index (Phi) is 5.98. The fraction of sp³-hybridized carbons (Fsp3) is 0.455. The van der Waals surface area contributed by atoms with Gasteiger partial charge in [-0.25, -0.2) is 15.0 Å². The van der Waals surface area contributed by atoms with Crippen LogP contribution in [0, 0.1) is 17.2 Å². The van der Waals surface area contributed by atoms with E-state index in [-0.39, 0.29) is 17.6 Å². The molecular weight excluding hydrogens is 428 g/mol. The van der Waals surface area contributed by atoms with Crippen molar-refractivity contribution in [1.82, 2.24) is 30.0 Å². The average Bonchev–Trinajstić information content (AvgIpc) is 3.49. The molecular formula is C22H25ClN8O. The molecule has 166 valence electrons. The van der Waals surface area contributed by atoms with Crippen molar-refractivity contribution in [2.24, 2.45) is 10.9 Å². The zero-order valence-electron chi connectivity index (χ0n) is 18.3. The van der Waals surface area contributed by atoms with Crippen LogP contribution in [0.15, 0.2) is 35.7 Å². The van der Waals surface area contributed by atoms with Crippen molar-refractivity contribution < 1.29 is 4.79 Å². The summed E-state index contributed by atoms with van der Waals surface area (Å²) in [7, 11) is 0. The van der Waals surface area contributed by atoms with Crippen LogP contribution in [0.4, 0.5) is 0 Å². The van der Waals surface area contributed by atoms with Crippen LogP contribution in [0.5, 0.6) is 0 Å². The van der Waals surface area contributed by atoms with Gasteiger partial charge in [-0.15, -0.1) is 0 Å². The second-order valence-corrected chi connectivity index (χ2v) is 9.05. The molecule has 32 heavy (non-hydrogen) atoms. The lowest BCUT2D eigenvalue weighted by molar-refractivity contribution is 0.0664. The van der Waals surface area contributed by atoms with Gasteiger partial charge in [-0.3, -0.25) is 4.79 Å². The first-order valence-corrected chi connectivity index (χ1v) is 10.9. The molecule has 0 spiro atoms. The first kappa shape index (κ1) is 22.0. The number of carbonyl (C=O) groups excluding carboxylic acids is 1. The summed E-state index contributed by atoms with van der Waals surface area (Å²) in [4.78, 5) is 28.7. The van der Waals surface area contributed by atoms with Gasteiger partial charge in [0.25, 0.3) is 5.91 Å². The quantitative estimate of drug-likeness (QED) is 0.720. The summed E-state index contributed by atoms with van der Waals surface area (Å²) < 4.78 is 1.62.